The van der Waals surface area contributed by atoms with Gasteiger partial charge in [-0.15, -0.1) is 0 Å². The fourth-order valence-electron chi connectivity index (χ4n) is 9.89. The highest BCUT2D eigenvalue weighted by atomic mass is 16.2. The second-order valence-corrected chi connectivity index (χ2v) is 20.9. The zero-order valence-corrected chi connectivity index (χ0v) is 38.8. The first-order valence-corrected chi connectivity index (χ1v) is 22.0. The third-order valence-corrected chi connectivity index (χ3v) is 13.4. The molecule has 0 aromatic heterocycles. The first-order chi connectivity index (χ1) is 31.3. The van der Waals surface area contributed by atoms with Crippen molar-refractivity contribution in [2.24, 2.45) is 0 Å². The highest BCUT2D eigenvalue weighted by Crippen LogP contribution is 2.46. The topological polar surface area (TPSA) is 150 Å². The van der Waals surface area contributed by atoms with Gasteiger partial charge in [-0.25, -0.2) is 9.80 Å². The minimum atomic E-state index is -1.03. The Morgan fingerprint density at radius 1 is 0.373 bits per heavy atom. The number of benzene rings is 6. The van der Waals surface area contributed by atoms with Crippen LogP contribution >= 0.6 is 0 Å². The van der Waals surface area contributed by atoms with E-state index in [9.17, 15) is 38.4 Å². The second-order valence-electron chi connectivity index (χ2n) is 20.9. The van der Waals surface area contributed by atoms with Gasteiger partial charge in [-0.1, -0.05) is 93.2 Å². The number of carbonyl (C=O) groups is 8. The predicted molar refractivity (Wildman–Crippen MR) is 255 cm³/mol. The lowest BCUT2D eigenvalue weighted by atomic mass is 9.80. The van der Waals surface area contributed by atoms with Crippen molar-refractivity contribution in [1.29, 1.82) is 0 Å². The molecule has 0 saturated heterocycles. The summed E-state index contributed by atoms with van der Waals surface area (Å²) in [6, 6.07) is 22.5. The van der Waals surface area contributed by atoms with Crippen molar-refractivity contribution < 1.29 is 38.4 Å². The highest BCUT2D eigenvalue weighted by Gasteiger charge is 2.49. The van der Waals surface area contributed by atoms with Crippen molar-refractivity contribution in [3.05, 3.63) is 158 Å². The minimum absolute atomic E-state index is 0.0474. The highest BCUT2D eigenvalue weighted by molar-refractivity contribution is 6.42. The van der Waals surface area contributed by atoms with E-state index in [0.29, 0.717) is 32.5 Å². The average Bonchev–Trinajstić information content (AvgIpc) is 3.25. The van der Waals surface area contributed by atoms with E-state index in [2.05, 4.69) is 6.58 Å². The molecule has 10 rings (SSSR count). The Balaban J connectivity index is 1.04. The van der Waals surface area contributed by atoms with Crippen molar-refractivity contribution in [2.45, 2.75) is 85.5 Å². The molecule has 4 heterocycles. The van der Waals surface area contributed by atoms with E-state index in [4.69, 9.17) is 0 Å². The molecule has 12 heteroatoms. The monoisotopic (exact) mass is 890 g/mol. The summed E-state index contributed by atoms with van der Waals surface area (Å²) in [6.45, 7) is 24.0. The van der Waals surface area contributed by atoms with Crippen LogP contribution in [0, 0.1) is 0 Å². The number of allylic oxidation sites excluding steroid dienone is 1. The van der Waals surface area contributed by atoms with Gasteiger partial charge in [-0.2, -0.15) is 10.0 Å². The van der Waals surface area contributed by atoms with Gasteiger partial charge in [0.15, 0.2) is 0 Å². The molecule has 4 aliphatic rings. The van der Waals surface area contributed by atoms with Gasteiger partial charge in [0.05, 0.1) is 33.6 Å². The molecule has 0 unspecified atom stereocenters. The SMILES string of the molecule is C=C(C)c1ccc(C(C)(C)C)cc1N1C(=O)c2ccc3c4c(ccc(c24)C1=O)C(=O)N(N1C(=O)c2ccc4c5c(ccc(c25)C1=O)C(=O)N(c1cc(C(C)(C)C)ccc1C(C)(C)C)C4=O)C3=O. The van der Waals surface area contributed by atoms with E-state index in [1.807, 2.05) is 92.6 Å². The van der Waals surface area contributed by atoms with Crippen molar-refractivity contribution in [3.8, 4) is 0 Å². The van der Waals surface area contributed by atoms with Crippen molar-refractivity contribution >= 4 is 85.8 Å². The maximum absolute atomic E-state index is 14.7. The number of hydrogen-bond donors (Lipinski definition) is 0. The number of hydrazine groups is 1. The van der Waals surface area contributed by atoms with Gasteiger partial charge in [0, 0.05) is 49.4 Å². The van der Waals surface area contributed by atoms with Crippen LogP contribution in [-0.4, -0.2) is 57.3 Å². The Morgan fingerprint density at radius 2 is 0.657 bits per heavy atom. The molecule has 8 amide bonds. The van der Waals surface area contributed by atoms with Crippen molar-refractivity contribution in [1.82, 2.24) is 10.0 Å². The van der Waals surface area contributed by atoms with Gasteiger partial charge in [-0.3, -0.25) is 38.4 Å². The quantitative estimate of drug-likeness (QED) is 0.159. The fraction of sp³-hybridized carbons (Fsp3) is 0.236. The summed E-state index contributed by atoms with van der Waals surface area (Å²) >= 11 is 0. The number of hydrogen-bond acceptors (Lipinski definition) is 8. The maximum Gasteiger partial charge on any atom is 0.281 e. The molecule has 4 aliphatic heterocycles. The maximum atomic E-state index is 14.7. The lowest BCUT2D eigenvalue weighted by Gasteiger charge is -2.38. The van der Waals surface area contributed by atoms with Crippen LogP contribution in [-0.2, 0) is 16.2 Å². The second kappa shape index (κ2) is 13.8. The van der Waals surface area contributed by atoms with E-state index >= 15 is 0 Å². The third-order valence-electron chi connectivity index (χ3n) is 13.4. The number of anilines is 2. The molecule has 0 bridgehead atoms. The molecule has 0 aliphatic carbocycles. The summed E-state index contributed by atoms with van der Waals surface area (Å²) in [5.74, 6) is -6.71. The molecule has 0 radical (unpaired) electrons. The summed E-state index contributed by atoms with van der Waals surface area (Å²) < 4.78 is 0. The van der Waals surface area contributed by atoms with Gasteiger partial charge >= 0.3 is 0 Å². The third kappa shape index (κ3) is 5.91. The van der Waals surface area contributed by atoms with E-state index in [-0.39, 0.29) is 76.9 Å². The van der Waals surface area contributed by atoms with E-state index in [1.54, 1.807) is 13.0 Å². The number of imide groups is 4. The minimum Gasteiger partial charge on any atom is -0.268 e. The lowest BCUT2D eigenvalue weighted by molar-refractivity contribution is 0.00212. The van der Waals surface area contributed by atoms with Crippen LogP contribution in [0.2, 0.25) is 0 Å². The van der Waals surface area contributed by atoms with Crippen LogP contribution in [0.4, 0.5) is 11.4 Å². The Morgan fingerprint density at radius 3 is 0.955 bits per heavy atom. The normalized spacial score (nSPS) is 16.1. The zero-order chi connectivity index (χ0) is 48.3. The molecule has 6 aromatic carbocycles. The van der Waals surface area contributed by atoms with Crippen LogP contribution < -0.4 is 9.80 Å². The number of nitrogens with zero attached hydrogens (tertiary/aromatic N) is 4. The van der Waals surface area contributed by atoms with Crippen LogP contribution in [0.25, 0.3) is 27.1 Å². The smallest absolute Gasteiger partial charge is 0.268 e. The number of carbonyl (C=O) groups excluding carboxylic acids is 8. The Labute approximate surface area is 386 Å². The molecule has 67 heavy (non-hydrogen) atoms. The first-order valence-electron chi connectivity index (χ1n) is 22.0. The summed E-state index contributed by atoms with van der Waals surface area (Å²) in [4.78, 5) is 119. The van der Waals surface area contributed by atoms with Crippen LogP contribution in [0.5, 0.6) is 0 Å². The van der Waals surface area contributed by atoms with Gasteiger partial charge in [0.2, 0.25) is 0 Å². The summed E-state index contributed by atoms with van der Waals surface area (Å²) in [6.07, 6.45) is 0. The average molecular weight is 891 g/mol. The van der Waals surface area contributed by atoms with Crippen molar-refractivity contribution in [2.75, 3.05) is 9.80 Å². The summed E-state index contributed by atoms with van der Waals surface area (Å²) in [7, 11) is 0. The first kappa shape index (κ1) is 43.1. The zero-order valence-electron chi connectivity index (χ0n) is 38.8. The van der Waals surface area contributed by atoms with Crippen LogP contribution in [0.3, 0.4) is 0 Å². The van der Waals surface area contributed by atoms with Crippen LogP contribution in [0.15, 0.2) is 91.5 Å². The molecular weight excluding hydrogens is 845 g/mol. The van der Waals surface area contributed by atoms with E-state index in [1.165, 1.54) is 48.5 Å². The Kier molecular flexibility index (Phi) is 8.89. The van der Waals surface area contributed by atoms with Gasteiger partial charge < -0.3 is 0 Å². The van der Waals surface area contributed by atoms with Crippen LogP contribution in [0.1, 0.15) is 174 Å². The molecule has 0 N–H and O–H groups in total. The molecular formula is C55H46N4O8. The summed E-state index contributed by atoms with van der Waals surface area (Å²) in [5.41, 5.74) is 3.42. The predicted octanol–water partition coefficient (Wildman–Crippen LogP) is 10.3. The molecule has 0 saturated carbocycles. The Hall–Kier alpha value is -7.86. The van der Waals surface area contributed by atoms with Gasteiger partial charge in [0.1, 0.15) is 0 Å². The molecule has 6 aromatic rings. The van der Waals surface area contributed by atoms with E-state index < -0.39 is 52.7 Å². The standard InChI is InChI=1S/C55H46N4O8/c1-26(2)29-14-12-27(53(3,4)5)24-39(29)56-45(60)30-15-19-34-43-35(20-16-31(41(30)43)46(56)61)50(65)58(49(34)64)59-51(66)36-21-17-32-42-33(18-22-37(44(36)42)52(59)67)48(63)57(47(32)62)40-25-28(54(6,7)8)13-23-38(40)55(9,10)11/h12-25H,1H2,2-11H3. The Bertz CT molecular complexity index is 3320. The summed E-state index contributed by atoms with van der Waals surface area (Å²) in [5, 5.41) is 1.30. The van der Waals surface area contributed by atoms with E-state index in [0.717, 1.165) is 26.5 Å². The molecule has 0 atom stereocenters. The lowest BCUT2D eigenvalue weighted by Crippen LogP contribution is -2.58. The molecule has 12 nitrogen and oxygen atoms in total. The number of amides is 8. The van der Waals surface area contributed by atoms with Gasteiger partial charge in [0.25, 0.3) is 47.3 Å². The molecule has 0 fully saturated rings. The molecule has 334 valence electrons. The largest absolute Gasteiger partial charge is 0.281 e. The van der Waals surface area contributed by atoms with Gasteiger partial charge in [-0.05, 0) is 106 Å². The number of rotatable bonds is 4. The fourth-order valence-corrected chi connectivity index (χ4v) is 9.89. The molecule has 0 spiro atoms. The van der Waals surface area contributed by atoms with Crippen molar-refractivity contribution in [3.63, 3.8) is 0 Å².